The molecule has 2 unspecified atom stereocenters. The molecule has 3 heterocycles. The van der Waals surface area contributed by atoms with Gasteiger partial charge in [0.2, 0.25) is 0 Å². The number of para-hydroxylation sites is 3. The lowest BCUT2D eigenvalue weighted by molar-refractivity contribution is 0.214. The second-order valence-corrected chi connectivity index (χ2v) is 11.9. The molecule has 2 nitrogen and oxygen atoms in total. The van der Waals surface area contributed by atoms with E-state index < -0.39 is 0 Å². The molecular formula is C33H31BN2. The fourth-order valence-corrected chi connectivity index (χ4v) is 7.88. The largest absolute Gasteiger partial charge is 0.378 e. The Bertz CT molecular complexity index is 1740. The summed E-state index contributed by atoms with van der Waals surface area (Å²) in [5.74, 6) is 0. The molecule has 2 atom stereocenters. The lowest BCUT2D eigenvalue weighted by Gasteiger charge is -2.45. The molecule has 2 aliphatic heterocycles. The fraction of sp³-hybridized carbons (Fsp3) is 0.273. The molecule has 3 aliphatic rings. The van der Waals surface area contributed by atoms with Crippen LogP contribution in [0.15, 0.2) is 72.8 Å². The van der Waals surface area contributed by atoms with E-state index in [4.69, 9.17) is 0 Å². The molecule has 1 N–H and O–H groups in total. The minimum atomic E-state index is 0.128. The first-order chi connectivity index (χ1) is 17.5. The Morgan fingerprint density at radius 3 is 2.56 bits per heavy atom. The highest BCUT2D eigenvalue weighted by Crippen LogP contribution is 2.56. The maximum Gasteiger partial charge on any atom is 0.198 e. The van der Waals surface area contributed by atoms with Crippen molar-refractivity contribution in [1.82, 2.24) is 4.57 Å². The molecule has 0 saturated heterocycles. The number of hydrogen-bond donors (Lipinski definition) is 1. The molecule has 176 valence electrons. The molecule has 36 heavy (non-hydrogen) atoms. The van der Waals surface area contributed by atoms with Gasteiger partial charge in [-0.3, -0.25) is 0 Å². The number of aryl methyl sites for hydroxylation is 1. The molecule has 8 rings (SSSR count). The van der Waals surface area contributed by atoms with E-state index in [0.717, 1.165) is 7.28 Å². The number of rotatable bonds is 1. The minimum absolute atomic E-state index is 0.128. The highest BCUT2D eigenvalue weighted by molar-refractivity contribution is 6.73. The minimum Gasteiger partial charge on any atom is -0.378 e. The lowest BCUT2D eigenvalue weighted by Crippen LogP contribution is -2.50. The topological polar surface area (TPSA) is 17.0 Å². The van der Waals surface area contributed by atoms with Gasteiger partial charge in [-0.15, -0.1) is 0 Å². The number of nitrogens with zero attached hydrogens (tertiary/aromatic N) is 1. The van der Waals surface area contributed by atoms with Crippen LogP contribution in [-0.2, 0) is 5.41 Å². The second kappa shape index (κ2) is 6.85. The number of anilines is 1. The van der Waals surface area contributed by atoms with Crippen molar-refractivity contribution in [3.8, 4) is 16.8 Å². The van der Waals surface area contributed by atoms with Crippen molar-refractivity contribution in [1.29, 1.82) is 0 Å². The van der Waals surface area contributed by atoms with E-state index in [2.05, 4.69) is 103 Å². The Labute approximate surface area is 213 Å². The Hall–Kier alpha value is -3.46. The predicted octanol–water partition coefficient (Wildman–Crippen LogP) is 6.48. The summed E-state index contributed by atoms with van der Waals surface area (Å²) < 4.78 is 2.54. The summed E-state index contributed by atoms with van der Waals surface area (Å²) in [5, 5.41) is 6.81. The van der Waals surface area contributed by atoms with Gasteiger partial charge in [-0.2, -0.15) is 0 Å². The predicted molar refractivity (Wildman–Crippen MR) is 155 cm³/mol. The number of benzene rings is 4. The molecule has 0 bridgehead atoms. The standard InChI is InChI=1S/C33H31BN2/c1-20-18-24(22-11-8-13-25-30(22)35-33(3)17-7-6-16-32(25,33)2)29-28(19-20)36-27-15-5-4-10-21(27)23-12-9-14-26(34-29)31(23)36/h4-5,8-15,18-19,34-35H,6-7,16-17H2,1-3H3. The van der Waals surface area contributed by atoms with Crippen LogP contribution in [0.4, 0.5) is 5.69 Å². The third kappa shape index (κ3) is 2.44. The summed E-state index contributed by atoms with van der Waals surface area (Å²) in [6, 6.07) is 27.6. The monoisotopic (exact) mass is 466 g/mol. The summed E-state index contributed by atoms with van der Waals surface area (Å²) in [5.41, 5.74) is 14.2. The van der Waals surface area contributed by atoms with E-state index in [1.807, 2.05) is 0 Å². The first-order valence-electron chi connectivity index (χ1n) is 13.6. The molecule has 1 saturated carbocycles. The van der Waals surface area contributed by atoms with E-state index in [1.165, 1.54) is 92.0 Å². The van der Waals surface area contributed by atoms with Crippen LogP contribution in [0.1, 0.15) is 50.7 Å². The molecule has 4 aromatic carbocycles. The van der Waals surface area contributed by atoms with Crippen LogP contribution in [0.3, 0.4) is 0 Å². The normalized spacial score (nSPS) is 23.6. The highest BCUT2D eigenvalue weighted by Gasteiger charge is 2.53. The van der Waals surface area contributed by atoms with E-state index in [-0.39, 0.29) is 11.0 Å². The van der Waals surface area contributed by atoms with Crippen molar-refractivity contribution in [2.45, 2.75) is 57.4 Å². The number of nitrogens with one attached hydrogen (secondary N) is 1. The summed E-state index contributed by atoms with van der Waals surface area (Å²) in [6.45, 7) is 7.21. The third-order valence-electron chi connectivity index (χ3n) is 9.93. The van der Waals surface area contributed by atoms with Gasteiger partial charge in [0.1, 0.15) is 0 Å². The highest BCUT2D eigenvalue weighted by atomic mass is 15.1. The Kier molecular flexibility index (Phi) is 3.94. The first kappa shape index (κ1) is 20.7. The van der Waals surface area contributed by atoms with Crippen LogP contribution in [-0.4, -0.2) is 17.4 Å². The zero-order chi connectivity index (χ0) is 24.2. The lowest BCUT2D eigenvalue weighted by atomic mass is 9.58. The van der Waals surface area contributed by atoms with Gasteiger partial charge < -0.3 is 9.88 Å². The van der Waals surface area contributed by atoms with Crippen LogP contribution in [0.5, 0.6) is 0 Å². The van der Waals surface area contributed by atoms with Crippen LogP contribution >= 0.6 is 0 Å². The van der Waals surface area contributed by atoms with Crippen LogP contribution in [0.25, 0.3) is 38.6 Å². The number of aromatic nitrogens is 1. The fourth-order valence-electron chi connectivity index (χ4n) is 7.88. The van der Waals surface area contributed by atoms with Gasteiger partial charge in [0.25, 0.3) is 0 Å². The van der Waals surface area contributed by atoms with Crippen molar-refractivity contribution in [2.24, 2.45) is 0 Å². The van der Waals surface area contributed by atoms with Crippen LogP contribution < -0.4 is 16.2 Å². The summed E-state index contributed by atoms with van der Waals surface area (Å²) >= 11 is 0. The number of hydrogen-bond acceptors (Lipinski definition) is 1. The molecule has 3 heteroatoms. The smallest absolute Gasteiger partial charge is 0.198 e. The van der Waals surface area contributed by atoms with E-state index in [0.29, 0.717) is 0 Å². The van der Waals surface area contributed by atoms with Crippen molar-refractivity contribution in [3.63, 3.8) is 0 Å². The van der Waals surface area contributed by atoms with Gasteiger partial charge in [0, 0.05) is 44.2 Å². The first-order valence-corrected chi connectivity index (χ1v) is 13.6. The molecule has 1 fully saturated rings. The van der Waals surface area contributed by atoms with Gasteiger partial charge in [0.15, 0.2) is 7.28 Å². The Morgan fingerprint density at radius 2 is 1.64 bits per heavy atom. The van der Waals surface area contributed by atoms with Crippen LogP contribution in [0, 0.1) is 6.92 Å². The second-order valence-electron chi connectivity index (χ2n) is 11.9. The van der Waals surface area contributed by atoms with Crippen molar-refractivity contribution >= 4 is 45.7 Å². The molecule has 1 aliphatic carbocycles. The maximum absolute atomic E-state index is 4.10. The molecule has 5 aromatic rings. The quantitative estimate of drug-likeness (QED) is 0.275. The maximum atomic E-state index is 4.10. The van der Waals surface area contributed by atoms with E-state index in [9.17, 15) is 0 Å². The van der Waals surface area contributed by atoms with E-state index >= 15 is 0 Å². The zero-order valence-electron chi connectivity index (χ0n) is 21.4. The Morgan fingerprint density at radius 1 is 0.833 bits per heavy atom. The average molecular weight is 466 g/mol. The molecule has 0 spiro atoms. The van der Waals surface area contributed by atoms with Gasteiger partial charge >= 0.3 is 0 Å². The summed E-state index contributed by atoms with van der Waals surface area (Å²) in [4.78, 5) is 0. The van der Waals surface area contributed by atoms with Crippen molar-refractivity contribution in [2.75, 3.05) is 5.32 Å². The SMILES string of the molecule is Cc1cc(-c2cccc3c2NC2(C)CCCCC32C)c2c(c1)-n1c3ccccc3c3cccc(c31)B2. The van der Waals surface area contributed by atoms with Crippen molar-refractivity contribution < 1.29 is 0 Å². The molecular weight excluding hydrogens is 435 g/mol. The zero-order valence-corrected chi connectivity index (χ0v) is 21.4. The van der Waals surface area contributed by atoms with Gasteiger partial charge in [-0.1, -0.05) is 85.9 Å². The van der Waals surface area contributed by atoms with Crippen molar-refractivity contribution in [3.05, 3.63) is 83.9 Å². The van der Waals surface area contributed by atoms with Crippen LogP contribution in [0.2, 0.25) is 0 Å². The van der Waals surface area contributed by atoms with Gasteiger partial charge in [0.05, 0.1) is 5.52 Å². The third-order valence-corrected chi connectivity index (χ3v) is 9.93. The summed E-state index contributed by atoms with van der Waals surface area (Å²) in [6.07, 6.45) is 5.14. The number of fused-ring (bicyclic) bond motifs is 8. The average Bonchev–Trinajstić information content (AvgIpc) is 3.35. The summed E-state index contributed by atoms with van der Waals surface area (Å²) in [7, 11) is 0.969. The molecule has 0 amide bonds. The van der Waals surface area contributed by atoms with Gasteiger partial charge in [-0.25, -0.2) is 0 Å². The molecule has 0 radical (unpaired) electrons. The van der Waals surface area contributed by atoms with Gasteiger partial charge in [-0.05, 0) is 61.0 Å². The molecule has 1 aromatic heterocycles. The Balaban J connectivity index is 1.43. The van der Waals surface area contributed by atoms with E-state index in [1.54, 1.807) is 0 Å².